The van der Waals surface area contributed by atoms with Crippen LogP contribution in [0.3, 0.4) is 0 Å². The average molecular weight is 546 g/mol. The molecule has 1 unspecified atom stereocenters. The van der Waals surface area contributed by atoms with Crippen molar-refractivity contribution < 1.29 is 29.7 Å². The zero-order valence-corrected chi connectivity index (χ0v) is 21.4. The van der Waals surface area contributed by atoms with Gasteiger partial charge < -0.3 is 26.0 Å². The summed E-state index contributed by atoms with van der Waals surface area (Å²) in [4.78, 5) is 51.1. The number of pyridine rings is 1. The summed E-state index contributed by atoms with van der Waals surface area (Å²) in [5.74, 6) is -5.61. The van der Waals surface area contributed by atoms with Crippen molar-refractivity contribution in [2.45, 2.75) is 24.4 Å². The molecule has 0 bridgehead atoms. The van der Waals surface area contributed by atoms with Gasteiger partial charge in [-0.15, -0.1) is 11.8 Å². The smallest absolute Gasteiger partial charge is 0.322 e. The van der Waals surface area contributed by atoms with Gasteiger partial charge >= 0.3 is 5.97 Å². The number of rotatable bonds is 9. The second-order valence-corrected chi connectivity index (χ2v) is 9.24. The maximum atomic E-state index is 13.3. The predicted octanol–water partition coefficient (Wildman–Crippen LogP) is 2.99. The van der Waals surface area contributed by atoms with E-state index in [4.69, 9.17) is 16.7 Å². The fourth-order valence-corrected chi connectivity index (χ4v) is 4.15. The molecular formula is C25H24ClN3O7S. The lowest BCUT2D eigenvalue weighted by Gasteiger charge is -2.19. The molecule has 0 radical (unpaired) electrons. The van der Waals surface area contributed by atoms with Crippen LogP contribution in [0, 0.1) is 0 Å². The van der Waals surface area contributed by atoms with E-state index in [1.165, 1.54) is 0 Å². The summed E-state index contributed by atoms with van der Waals surface area (Å²) in [7, 11) is 0. The number of carbonyl (C=O) groups is 3. The zero-order chi connectivity index (χ0) is 27.3. The van der Waals surface area contributed by atoms with Crippen LogP contribution in [0.5, 0.6) is 11.6 Å². The molecular weight excluding hydrogens is 522 g/mol. The van der Waals surface area contributed by atoms with E-state index in [1.54, 1.807) is 55.1 Å². The molecule has 0 saturated heterocycles. The Balaban J connectivity index is 2.09. The van der Waals surface area contributed by atoms with E-state index in [-0.39, 0.29) is 11.6 Å². The second kappa shape index (κ2) is 11.8. The van der Waals surface area contributed by atoms with Gasteiger partial charge in [0, 0.05) is 9.92 Å². The van der Waals surface area contributed by atoms with Crippen molar-refractivity contribution >= 4 is 41.1 Å². The maximum absolute atomic E-state index is 13.3. The van der Waals surface area contributed by atoms with Gasteiger partial charge in [0.1, 0.15) is 17.7 Å². The zero-order valence-electron chi connectivity index (χ0n) is 19.8. The summed E-state index contributed by atoms with van der Waals surface area (Å²) >= 11 is 7.73. The van der Waals surface area contributed by atoms with Crippen LogP contribution in [-0.4, -0.2) is 50.5 Å². The topological polar surface area (TPSA) is 158 Å². The molecule has 1 aromatic heterocycles. The number of aromatic nitrogens is 1. The molecule has 0 spiro atoms. The molecule has 0 saturated carbocycles. The minimum atomic E-state index is -1.38. The van der Waals surface area contributed by atoms with E-state index in [0.717, 1.165) is 10.5 Å². The Hall–Kier alpha value is -3.96. The molecule has 5 N–H and O–H groups in total. The number of nitrogens with one attached hydrogen (secondary N) is 2. The molecule has 3 aromatic rings. The van der Waals surface area contributed by atoms with Gasteiger partial charge in [-0.3, -0.25) is 23.7 Å². The summed E-state index contributed by atoms with van der Waals surface area (Å²) in [6.45, 7) is 0.508. The highest BCUT2D eigenvalue weighted by Crippen LogP contribution is 2.30. The molecule has 1 heterocycles. The van der Waals surface area contributed by atoms with E-state index in [9.17, 15) is 29.4 Å². The lowest BCUT2D eigenvalue weighted by molar-refractivity contribution is -0.135. The SMILES string of the molecule is CSc1ccc(C(C)NC(=O)c2c(O)c(C(=O)NCC(=O)O)c(O)n(Cc3ccccc3Cl)c2=O)cc1. The number of carbonyl (C=O) groups excluding carboxylic acids is 2. The van der Waals surface area contributed by atoms with Crippen LogP contribution in [0.1, 0.15) is 44.8 Å². The summed E-state index contributed by atoms with van der Waals surface area (Å²) in [5.41, 5.74) is -1.59. The molecule has 0 aliphatic rings. The number of aromatic hydroxyl groups is 2. The first-order valence-electron chi connectivity index (χ1n) is 10.9. The minimum absolute atomic E-state index is 0.257. The third-order valence-electron chi connectivity index (χ3n) is 5.52. The molecule has 0 aliphatic heterocycles. The van der Waals surface area contributed by atoms with Crippen LogP contribution >= 0.6 is 23.4 Å². The number of nitrogens with zero attached hydrogens (tertiary/aromatic N) is 1. The predicted molar refractivity (Wildman–Crippen MR) is 139 cm³/mol. The van der Waals surface area contributed by atoms with E-state index >= 15 is 0 Å². The van der Waals surface area contributed by atoms with Crippen molar-refractivity contribution in [3.05, 3.63) is 86.2 Å². The molecule has 0 fully saturated rings. The van der Waals surface area contributed by atoms with Gasteiger partial charge in [0.05, 0.1) is 12.6 Å². The fourth-order valence-electron chi connectivity index (χ4n) is 3.54. The fraction of sp³-hybridized carbons (Fsp3) is 0.200. The summed E-state index contributed by atoms with van der Waals surface area (Å²) < 4.78 is 0.712. The molecule has 1 atom stereocenters. The van der Waals surface area contributed by atoms with Crippen molar-refractivity contribution in [1.82, 2.24) is 15.2 Å². The van der Waals surface area contributed by atoms with Crippen LogP contribution in [0.2, 0.25) is 5.02 Å². The molecule has 37 heavy (non-hydrogen) atoms. The molecule has 10 nitrogen and oxygen atoms in total. The summed E-state index contributed by atoms with van der Waals surface area (Å²) in [6, 6.07) is 13.2. The van der Waals surface area contributed by atoms with E-state index in [0.29, 0.717) is 10.1 Å². The van der Waals surface area contributed by atoms with Crippen LogP contribution < -0.4 is 16.2 Å². The number of aliphatic carboxylic acids is 1. The van der Waals surface area contributed by atoms with E-state index in [1.807, 2.05) is 23.7 Å². The number of hydrogen-bond acceptors (Lipinski definition) is 7. The first-order chi connectivity index (χ1) is 17.5. The van der Waals surface area contributed by atoms with Gasteiger partial charge in [0.2, 0.25) is 5.88 Å². The number of amides is 2. The number of halogens is 1. The van der Waals surface area contributed by atoms with Gasteiger partial charge in [-0.2, -0.15) is 0 Å². The van der Waals surface area contributed by atoms with Gasteiger partial charge in [0.25, 0.3) is 17.4 Å². The quantitative estimate of drug-likeness (QED) is 0.257. The minimum Gasteiger partial charge on any atom is -0.506 e. The highest BCUT2D eigenvalue weighted by Gasteiger charge is 2.30. The third-order valence-corrected chi connectivity index (χ3v) is 6.63. The Bertz CT molecular complexity index is 1410. The summed E-state index contributed by atoms with van der Waals surface area (Å²) in [5, 5.41) is 35.3. The Kier molecular flexibility index (Phi) is 8.85. The van der Waals surface area contributed by atoms with Crippen LogP contribution in [0.15, 0.2) is 58.2 Å². The van der Waals surface area contributed by atoms with Crippen molar-refractivity contribution in [3.8, 4) is 11.6 Å². The first-order valence-corrected chi connectivity index (χ1v) is 12.5. The summed E-state index contributed by atoms with van der Waals surface area (Å²) in [6.07, 6.45) is 1.92. The lowest BCUT2D eigenvalue weighted by atomic mass is 10.1. The number of thioether (sulfide) groups is 1. The number of hydrogen-bond donors (Lipinski definition) is 5. The third kappa shape index (κ3) is 6.25. The molecule has 2 aromatic carbocycles. The Labute approximate surface area is 220 Å². The number of carboxylic acids is 1. The average Bonchev–Trinajstić information content (AvgIpc) is 2.86. The molecule has 0 aliphatic carbocycles. The van der Waals surface area contributed by atoms with E-state index < -0.39 is 58.7 Å². The van der Waals surface area contributed by atoms with Crippen LogP contribution in [0.4, 0.5) is 0 Å². The van der Waals surface area contributed by atoms with Gasteiger partial charge in [-0.25, -0.2) is 0 Å². The highest BCUT2D eigenvalue weighted by molar-refractivity contribution is 7.98. The normalized spacial score (nSPS) is 11.5. The largest absolute Gasteiger partial charge is 0.506 e. The van der Waals surface area contributed by atoms with Gasteiger partial charge in [-0.05, 0) is 42.5 Å². The highest BCUT2D eigenvalue weighted by atomic mass is 35.5. The molecule has 194 valence electrons. The van der Waals surface area contributed by atoms with Gasteiger partial charge in [-0.1, -0.05) is 41.9 Å². The molecule has 2 amide bonds. The van der Waals surface area contributed by atoms with Crippen LogP contribution in [-0.2, 0) is 11.3 Å². The van der Waals surface area contributed by atoms with Gasteiger partial charge in [0.15, 0.2) is 5.75 Å². The van der Waals surface area contributed by atoms with E-state index in [2.05, 4.69) is 5.32 Å². The van der Waals surface area contributed by atoms with Crippen LogP contribution in [0.25, 0.3) is 0 Å². The van der Waals surface area contributed by atoms with Crippen molar-refractivity contribution in [3.63, 3.8) is 0 Å². The van der Waals surface area contributed by atoms with Crippen molar-refractivity contribution in [2.24, 2.45) is 0 Å². The maximum Gasteiger partial charge on any atom is 0.322 e. The number of carboxylic acid groups (broad SMARTS) is 1. The Morgan fingerprint density at radius 3 is 2.27 bits per heavy atom. The lowest BCUT2D eigenvalue weighted by Crippen LogP contribution is -2.37. The number of benzene rings is 2. The molecule has 3 rings (SSSR count). The van der Waals surface area contributed by atoms with Crippen molar-refractivity contribution in [2.75, 3.05) is 12.8 Å². The monoisotopic (exact) mass is 545 g/mol. The molecule has 12 heteroatoms. The first kappa shape index (κ1) is 27.6. The Morgan fingerprint density at radius 2 is 1.68 bits per heavy atom. The second-order valence-electron chi connectivity index (χ2n) is 7.95. The standard InChI is InChI=1S/C25H24ClN3O7S/c1-13(14-7-9-16(37-2)10-8-14)28-23(34)20-21(32)19(22(33)27-11-18(30)31)24(35)29(25(20)36)12-15-5-3-4-6-17(15)26/h3-10,13,32,35H,11-12H2,1-2H3,(H,27,33)(H,28,34)(H,30,31). The Morgan fingerprint density at radius 1 is 1.03 bits per heavy atom. The van der Waals surface area contributed by atoms with Crippen molar-refractivity contribution in [1.29, 1.82) is 0 Å².